The first-order chi connectivity index (χ1) is 7.13. The Morgan fingerprint density at radius 1 is 1.53 bits per heavy atom. The fraction of sp³-hybridized carbons (Fsp3) is 0.455. The summed E-state index contributed by atoms with van der Waals surface area (Å²) in [6.07, 6.45) is 0. The largest absolute Gasteiger partial charge is 0.494 e. The van der Waals surface area contributed by atoms with Gasteiger partial charge in [-0.1, -0.05) is 0 Å². The lowest BCUT2D eigenvalue weighted by Crippen LogP contribution is -2.39. The Morgan fingerprint density at radius 2 is 2.27 bits per heavy atom. The van der Waals surface area contributed by atoms with Crippen LogP contribution in [0.25, 0.3) is 0 Å². The average Bonchev–Trinajstić information content (AvgIpc) is 2.23. The highest BCUT2D eigenvalue weighted by molar-refractivity contribution is 5.74. The minimum Gasteiger partial charge on any atom is -0.494 e. The van der Waals surface area contributed by atoms with Crippen molar-refractivity contribution in [3.05, 3.63) is 17.9 Å². The van der Waals surface area contributed by atoms with Crippen LogP contribution in [0.1, 0.15) is 6.92 Å². The monoisotopic (exact) mass is 210 g/mol. The number of likely N-dealkylation sites (N-methyl/N-ethyl adjacent to an activating group) is 1. The first-order valence-corrected chi connectivity index (χ1v) is 4.97. The van der Waals surface area contributed by atoms with E-state index in [2.05, 4.69) is 17.1 Å². The molecule has 2 rings (SSSR count). The van der Waals surface area contributed by atoms with Crippen LogP contribution >= 0.6 is 0 Å². The predicted molar refractivity (Wildman–Crippen MR) is 59.3 cm³/mol. The molecular formula is C11H15FN2O. The lowest BCUT2D eigenvalue weighted by molar-refractivity contribution is 0.386. The van der Waals surface area contributed by atoms with Gasteiger partial charge in [-0.25, -0.2) is 4.39 Å². The molecule has 1 N–H and O–H groups in total. The first-order valence-electron chi connectivity index (χ1n) is 4.97. The van der Waals surface area contributed by atoms with Gasteiger partial charge in [-0.2, -0.15) is 0 Å². The lowest BCUT2D eigenvalue weighted by Gasteiger charge is -2.34. The van der Waals surface area contributed by atoms with E-state index in [9.17, 15) is 4.39 Å². The smallest absolute Gasteiger partial charge is 0.167 e. The number of rotatable bonds is 1. The summed E-state index contributed by atoms with van der Waals surface area (Å²) in [5.74, 6) is -0.0387. The molecule has 0 radical (unpaired) electrons. The maximum Gasteiger partial charge on any atom is 0.167 e. The number of fused-ring (bicyclic) bond motifs is 1. The number of anilines is 2. The lowest BCUT2D eigenvalue weighted by atomic mass is 10.1. The summed E-state index contributed by atoms with van der Waals surface area (Å²) in [7, 11) is 3.48. The molecule has 1 aliphatic heterocycles. The molecule has 0 aliphatic carbocycles. The molecule has 0 saturated heterocycles. The Balaban J connectivity index is 2.48. The third kappa shape index (κ3) is 1.60. The van der Waals surface area contributed by atoms with Gasteiger partial charge in [-0.05, 0) is 6.92 Å². The van der Waals surface area contributed by atoms with E-state index in [-0.39, 0.29) is 11.6 Å². The van der Waals surface area contributed by atoms with Crippen LogP contribution in [0.15, 0.2) is 12.1 Å². The molecule has 82 valence electrons. The van der Waals surface area contributed by atoms with Gasteiger partial charge in [0.15, 0.2) is 11.6 Å². The van der Waals surface area contributed by atoms with Crippen LogP contribution in [0.4, 0.5) is 15.8 Å². The van der Waals surface area contributed by atoms with Crippen molar-refractivity contribution in [2.75, 3.05) is 30.9 Å². The van der Waals surface area contributed by atoms with Gasteiger partial charge >= 0.3 is 0 Å². The number of nitrogens with one attached hydrogen (secondary N) is 1. The second kappa shape index (κ2) is 3.61. The molecule has 0 amide bonds. The van der Waals surface area contributed by atoms with Crippen LogP contribution in [0.2, 0.25) is 0 Å². The molecular weight excluding hydrogens is 195 g/mol. The van der Waals surface area contributed by atoms with Crippen molar-refractivity contribution < 1.29 is 9.13 Å². The summed E-state index contributed by atoms with van der Waals surface area (Å²) in [5.41, 5.74) is 1.81. The minimum atomic E-state index is -0.327. The molecule has 15 heavy (non-hydrogen) atoms. The molecule has 1 aromatic rings. The molecule has 0 bridgehead atoms. The minimum absolute atomic E-state index is 0.288. The zero-order chi connectivity index (χ0) is 11.0. The Hall–Kier alpha value is -1.45. The number of hydrogen-bond donors (Lipinski definition) is 1. The molecule has 4 heteroatoms. The summed E-state index contributed by atoms with van der Waals surface area (Å²) in [4.78, 5) is 2.12. The second-order valence-corrected chi connectivity index (χ2v) is 3.84. The van der Waals surface area contributed by atoms with Gasteiger partial charge in [0.2, 0.25) is 0 Å². The second-order valence-electron chi connectivity index (χ2n) is 3.84. The number of ether oxygens (including phenoxy) is 1. The normalized spacial score (nSPS) is 19.5. The van der Waals surface area contributed by atoms with E-state index in [1.807, 2.05) is 7.05 Å². The maximum absolute atomic E-state index is 13.4. The number of halogens is 1. The van der Waals surface area contributed by atoms with Crippen LogP contribution in [0.5, 0.6) is 5.75 Å². The molecule has 0 saturated carbocycles. The van der Waals surface area contributed by atoms with Crippen molar-refractivity contribution in [3.63, 3.8) is 0 Å². The topological polar surface area (TPSA) is 24.5 Å². The van der Waals surface area contributed by atoms with Gasteiger partial charge < -0.3 is 15.0 Å². The number of methoxy groups -OCH3 is 1. The summed E-state index contributed by atoms with van der Waals surface area (Å²) >= 11 is 0. The van der Waals surface area contributed by atoms with Crippen molar-refractivity contribution in [1.29, 1.82) is 0 Å². The van der Waals surface area contributed by atoms with E-state index in [1.165, 1.54) is 13.2 Å². The van der Waals surface area contributed by atoms with E-state index in [0.717, 1.165) is 17.9 Å². The van der Waals surface area contributed by atoms with E-state index < -0.39 is 0 Å². The van der Waals surface area contributed by atoms with Crippen molar-refractivity contribution in [2.24, 2.45) is 0 Å². The molecule has 1 aliphatic rings. The molecule has 0 spiro atoms. The highest BCUT2D eigenvalue weighted by Crippen LogP contribution is 2.35. The standard InChI is InChI=1S/C11H15FN2O/c1-7-6-13-9-4-8(12)11(15-3)5-10(9)14(7)2/h4-5,7,13H,6H2,1-3H3. The van der Waals surface area contributed by atoms with Crippen LogP contribution in [0.3, 0.4) is 0 Å². The van der Waals surface area contributed by atoms with Gasteiger partial charge in [0.25, 0.3) is 0 Å². The Bertz CT molecular complexity index is 381. The zero-order valence-corrected chi connectivity index (χ0v) is 9.17. The first kappa shape index (κ1) is 10.1. The van der Waals surface area contributed by atoms with Gasteiger partial charge in [0, 0.05) is 31.8 Å². The molecule has 1 heterocycles. The van der Waals surface area contributed by atoms with Crippen LogP contribution < -0.4 is 15.0 Å². The Labute approximate surface area is 88.8 Å². The molecule has 1 aromatic carbocycles. The van der Waals surface area contributed by atoms with Crippen LogP contribution in [-0.2, 0) is 0 Å². The summed E-state index contributed by atoms with van der Waals surface area (Å²) in [5, 5.41) is 3.20. The van der Waals surface area contributed by atoms with Gasteiger partial charge in [-0.15, -0.1) is 0 Å². The van der Waals surface area contributed by atoms with Crippen LogP contribution in [-0.4, -0.2) is 26.7 Å². The third-order valence-electron chi connectivity index (χ3n) is 2.90. The average molecular weight is 210 g/mol. The van der Waals surface area contributed by atoms with Gasteiger partial charge in [0.1, 0.15) is 0 Å². The van der Waals surface area contributed by atoms with Gasteiger partial charge in [0.05, 0.1) is 18.5 Å². The fourth-order valence-electron chi connectivity index (χ4n) is 1.76. The SMILES string of the molecule is COc1cc2c(cc1F)NCC(C)N2C. The van der Waals surface area contributed by atoms with E-state index in [1.54, 1.807) is 6.07 Å². The summed E-state index contributed by atoms with van der Waals surface area (Å²) < 4.78 is 18.4. The Morgan fingerprint density at radius 3 is 2.93 bits per heavy atom. The molecule has 3 nitrogen and oxygen atoms in total. The fourth-order valence-corrected chi connectivity index (χ4v) is 1.76. The quantitative estimate of drug-likeness (QED) is 0.768. The zero-order valence-electron chi connectivity index (χ0n) is 9.17. The van der Waals surface area contributed by atoms with Crippen LogP contribution in [0, 0.1) is 5.82 Å². The van der Waals surface area contributed by atoms with E-state index in [4.69, 9.17) is 4.74 Å². The molecule has 1 atom stereocenters. The van der Waals surface area contributed by atoms with Crippen molar-refractivity contribution in [1.82, 2.24) is 0 Å². The number of nitrogens with zero attached hydrogens (tertiary/aromatic N) is 1. The third-order valence-corrected chi connectivity index (χ3v) is 2.90. The summed E-state index contributed by atoms with van der Waals surface area (Å²) in [6, 6.07) is 3.61. The predicted octanol–water partition coefficient (Wildman–Crippen LogP) is 2.08. The highest BCUT2D eigenvalue weighted by atomic mass is 19.1. The van der Waals surface area contributed by atoms with Crippen molar-refractivity contribution in [2.45, 2.75) is 13.0 Å². The van der Waals surface area contributed by atoms with E-state index >= 15 is 0 Å². The molecule has 0 aromatic heterocycles. The van der Waals surface area contributed by atoms with Crippen molar-refractivity contribution in [3.8, 4) is 5.75 Å². The number of hydrogen-bond acceptors (Lipinski definition) is 3. The van der Waals surface area contributed by atoms with Crippen molar-refractivity contribution >= 4 is 11.4 Å². The number of benzene rings is 1. The van der Waals surface area contributed by atoms with E-state index in [0.29, 0.717) is 6.04 Å². The molecule has 1 unspecified atom stereocenters. The summed E-state index contributed by atoms with van der Waals surface area (Å²) in [6.45, 7) is 2.95. The Kier molecular flexibility index (Phi) is 2.42. The van der Waals surface area contributed by atoms with Gasteiger partial charge in [-0.3, -0.25) is 0 Å². The highest BCUT2D eigenvalue weighted by Gasteiger charge is 2.21. The molecule has 0 fully saturated rings. The maximum atomic E-state index is 13.4.